The second-order valence-electron chi connectivity index (χ2n) is 8.31. The third-order valence-corrected chi connectivity index (χ3v) is 6.31. The maximum atomic E-state index is 13.4. The molecule has 1 N–H and O–H groups in total. The molecule has 0 spiro atoms. The summed E-state index contributed by atoms with van der Waals surface area (Å²) in [5.74, 6) is -0.161. The van der Waals surface area contributed by atoms with Crippen molar-refractivity contribution < 1.29 is 9.59 Å². The topological polar surface area (TPSA) is 49.4 Å². The van der Waals surface area contributed by atoms with Crippen molar-refractivity contribution in [1.29, 1.82) is 0 Å². The number of nitrogens with one attached hydrogen (secondary N) is 1. The number of nitrogens with zero attached hydrogens (tertiary/aromatic N) is 1. The van der Waals surface area contributed by atoms with Crippen LogP contribution in [0.1, 0.15) is 74.6 Å². The first-order chi connectivity index (χ1) is 13.7. The van der Waals surface area contributed by atoms with E-state index in [1.54, 1.807) is 0 Å². The highest BCUT2D eigenvalue weighted by Gasteiger charge is 2.33. The van der Waals surface area contributed by atoms with Crippen LogP contribution in [0.4, 0.5) is 4.79 Å². The molecule has 0 unspecified atom stereocenters. The highest BCUT2D eigenvalue weighted by Crippen LogP contribution is 2.26. The number of carbonyl (C=O) groups is 2. The number of urea groups is 1. The molecule has 28 heavy (non-hydrogen) atoms. The van der Waals surface area contributed by atoms with Gasteiger partial charge in [-0.05, 0) is 48.6 Å². The van der Waals surface area contributed by atoms with E-state index in [0.717, 1.165) is 62.1 Å². The van der Waals surface area contributed by atoms with E-state index >= 15 is 0 Å². The van der Waals surface area contributed by atoms with Crippen LogP contribution in [0.2, 0.25) is 0 Å². The van der Waals surface area contributed by atoms with Crippen LogP contribution in [0, 0.1) is 0 Å². The molecule has 3 amide bonds. The van der Waals surface area contributed by atoms with Crippen LogP contribution in [-0.2, 0) is 0 Å². The van der Waals surface area contributed by atoms with E-state index in [4.69, 9.17) is 0 Å². The van der Waals surface area contributed by atoms with Crippen molar-refractivity contribution in [3.63, 3.8) is 0 Å². The van der Waals surface area contributed by atoms with Crippen molar-refractivity contribution in [2.75, 3.05) is 0 Å². The molecule has 2 fully saturated rings. The summed E-state index contributed by atoms with van der Waals surface area (Å²) in [4.78, 5) is 28.2. The van der Waals surface area contributed by atoms with Crippen molar-refractivity contribution in [1.82, 2.24) is 10.2 Å². The molecule has 0 atom stereocenters. The first-order valence-electron chi connectivity index (χ1n) is 10.9. The summed E-state index contributed by atoms with van der Waals surface area (Å²) < 4.78 is 0. The molecule has 2 aromatic carbocycles. The molecular formula is C24H30N2O2. The van der Waals surface area contributed by atoms with Gasteiger partial charge in [0.15, 0.2) is 0 Å². The summed E-state index contributed by atoms with van der Waals surface area (Å²) in [7, 11) is 0. The van der Waals surface area contributed by atoms with E-state index in [2.05, 4.69) is 5.32 Å². The van der Waals surface area contributed by atoms with Gasteiger partial charge in [-0.15, -0.1) is 0 Å². The Hall–Kier alpha value is -2.36. The molecule has 4 rings (SSSR count). The van der Waals surface area contributed by atoms with E-state index in [0.29, 0.717) is 5.56 Å². The smallest absolute Gasteiger partial charge is 0.324 e. The van der Waals surface area contributed by atoms with Gasteiger partial charge in [0.2, 0.25) is 0 Å². The number of fused-ring (bicyclic) bond motifs is 1. The van der Waals surface area contributed by atoms with Crippen LogP contribution in [-0.4, -0.2) is 28.9 Å². The fourth-order valence-electron chi connectivity index (χ4n) is 4.72. The second-order valence-corrected chi connectivity index (χ2v) is 8.31. The quantitative estimate of drug-likeness (QED) is 0.749. The van der Waals surface area contributed by atoms with Gasteiger partial charge in [-0.3, -0.25) is 9.69 Å². The minimum Gasteiger partial charge on any atom is -0.335 e. The van der Waals surface area contributed by atoms with Crippen molar-refractivity contribution >= 4 is 22.7 Å². The van der Waals surface area contributed by atoms with Gasteiger partial charge in [-0.2, -0.15) is 0 Å². The summed E-state index contributed by atoms with van der Waals surface area (Å²) in [6, 6.07) is 13.8. The molecule has 0 radical (unpaired) electrons. The van der Waals surface area contributed by atoms with Crippen LogP contribution >= 0.6 is 0 Å². The van der Waals surface area contributed by atoms with Crippen molar-refractivity contribution in [2.45, 2.75) is 76.3 Å². The Morgan fingerprint density at radius 1 is 0.786 bits per heavy atom. The summed E-state index contributed by atoms with van der Waals surface area (Å²) >= 11 is 0. The Morgan fingerprint density at radius 3 is 2.14 bits per heavy atom. The molecule has 2 aliphatic rings. The molecule has 4 nitrogen and oxygen atoms in total. The predicted molar refractivity (Wildman–Crippen MR) is 112 cm³/mol. The highest BCUT2D eigenvalue weighted by molar-refractivity contribution is 6.06. The molecule has 4 heteroatoms. The van der Waals surface area contributed by atoms with Crippen LogP contribution in [0.3, 0.4) is 0 Å². The lowest BCUT2D eigenvalue weighted by Gasteiger charge is -2.34. The lowest BCUT2D eigenvalue weighted by atomic mass is 9.93. The summed E-state index contributed by atoms with van der Waals surface area (Å²) in [5.41, 5.74) is 0.600. The van der Waals surface area contributed by atoms with Crippen molar-refractivity contribution in [3.05, 3.63) is 48.0 Å². The number of rotatable bonds is 3. The maximum absolute atomic E-state index is 13.4. The molecule has 2 aromatic rings. The lowest BCUT2D eigenvalue weighted by molar-refractivity contribution is 0.0702. The summed E-state index contributed by atoms with van der Waals surface area (Å²) in [6.07, 6.45) is 10.8. The molecule has 2 aliphatic carbocycles. The monoisotopic (exact) mass is 378 g/mol. The Balaban J connectivity index is 1.59. The number of amides is 3. The van der Waals surface area contributed by atoms with Gasteiger partial charge in [-0.25, -0.2) is 4.79 Å². The fourth-order valence-corrected chi connectivity index (χ4v) is 4.72. The molecule has 0 aromatic heterocycles. The Bertz CT molecular complexity index is 835. The highest BCUT2D eigenvalue weighted by atomic mass is 16.2. The third kappa shape index (κ3) is 4.21. The number of carbonyl (C=O) groups excluding carboxylic acids is 2. The largest absolute Gasteiger partial charge is 0.335 e. The van der Waals surface area contributed by atoms with E-state index < -0.39 is 0 Å². The number of hydrogen-bond donors (Lipinski definition) is 1. The average molecular weight is 379 g/mol. The molecule has 0 saturated heterocycles. The van der Waals surface area contributed by atoms with E-state index in [-0.39, 0.29) is 24.0 Å². The van der Waals surface area contributed by atoms with Gasteiger partial charge in [0.05, 0.1) is 0 Å². The van der Waals surface area contributed by atoms with Gasteiger partial charge in [0, 0.05) is 17.6 Å². The van der Waals surface area contributed by atoms with Gasteiger partial charge >= 0.3 is 6.03 Å². The van der Waals surface area contributed by atoms with Gasteiger partial charge in [0.25, 0.3) is 5.91 Å². The van der Waals surface area contributed by atoms with Gasteiger partial charge in [-0.1, -0.05) is 68.9 Å². The normalized spacial score (nSPS) is 18.7. The van der Waals surface area contributed by atoms with Gasteiger partial charge in [0.1, 0.15) is 0 Å². The second kappa shape index (κ2) is 8.76. The van der Waals surface area contributed by atoms with Crippen LogP contribution in [0.15, 0.2) is 42.5 Å². The van der Waals surface area contributed by atoms with Crippen LogP contribution in [0.5, 0.6) is 0 Å². The summed E-state index contributed by atoms with van der Waals surface area (Å²) in [6.45, 7) is 0. The first-order valence-corrected chi connectivity index (χ1v) is 10.9. The Morgan fingerprint density at radius 2 is 1.43 bits per heavy atom. The van der Waals surface area contributed by atoms with E-state index in [9.17, 15) is 9.59 Å². The SMILES string of the molecule is O=C(NC1CCCCC1)N(C(=O)c1ccc2ccccc2c1)C1CCCCC1. The average Bonchev–Trinajstić information content (AvgIpc) is 2.75. The Kier molecular flexibility index (Phi) is 5.94. The van der Waals surface area contributed by atoms with E-state index in [1.807, 2.05) is 42.5 Å². The zero-order valence-electron chi connectivity index (χ0n) is 16.5. The summed E-state index contributed by atoms with van der Waals surface area (Å²) in [5, 5.41) is 5.31. The standard InChI is InChI=1S/C24H30N2O2/c27-23(20-16-15-18-9-7-8-10-19(18)17-20)26(22-13-5-2-6-14-22)24(28)25-21-11-3-1-4-12-21/h7-10,15-17,21-22H,1-6,11-14H2,(H,25,28). The van der Waals surface area contributed by atoms with Crippen LogP contribution < -0.4 is 5.32 Å². The first kappa shape index (κ1) is 19.0. The molecule has 2 saturated carbocycles. The molecule has 0 heterocycles. The zero-order valence-corrected chi connectivity index (χ0v) is 16.5. The lowest BCUT2D eigenvalue weighted by Crippen LogP contribution is -2.52. The number of benzene rings is 2. The molecule has 148 valence electrons. The zero-order chi connectivity index (χ0) is 19.3. The van der Waals surface area contributed by atoms with Gasteiger partial charge < -0.3 is 5.32 Å². The predicted octanol–water partition coefficient (Wildman–Crippen LogP) is 5.66. The van der Waals surface area contributed by atoms with E-state index in [1.165, 1.54) is 17.7 Å². The van der Waals surface area contributed by atoms with Crippen molar-refractivity contribution in [2.24, 2.45) is 0 Å². The van der Waals surface area contributed by atoms with Crippen molar-refractivity contribution in [3.8, 4) is 0 Å². The van der Waals surface area contributed by atoms with Crippen LogP contribution in [0.25, 0.3) is 10.8 Å². The molecule has 0 bridgehead atoms. The fraction of sp³-hybridized carbons (Fsp3) is 0.500. The number of imide groups is 1. The number of hydrogen-bond acceptors (Lipinski definition) is 2. The third-order valence-electron chi connectivity index (χ3n) is 6.31. The molecular weight excluding hydrogens is 348 g/mol. The maximum Gasteiger partial charge on any atom is 0.324 e. The minimum absolute atomic E-state index is 0.0105. The molecule has 0 aliphatic heterocycles. The Labute approximate surface area is 167 Å². The minimum atomic E-state index is -0.197.